The lowest BCUT2D eigenvalue weighted by Crippen LogP contribution is -2.42. The first kappa shape index (κ1) is 19.1. The maximum absolute atomic E-state index is 12.0. The fraction of sp³-hybridized carbons (Fsp3) is 0.222. The molecule has 1 atom stereocenters. The van der Waals surface area contributed by atoms with Crippen LogP contribution in [0.1, 0.15) is 12.5 Å². The lowest BCUT2D eigenvalue weighted by molar-refractivity contribution is -0.130. The molecule has 0 aliphatic carbocycles. The van der Waals surface area contributed by atoms with E-state index in [2.05, 4.69) is 10.6 Å². The zero-order chi connectivity index (χ0) is 18.2. The maximum Gasteiger partial charge on any atom is 0.261 e. The van der Waals surface area contributed by atoms with Gasteiger partial charge in [-0.25, -0.2) is 0 Å². The molecule has 0 fully saturated rings. The third kappa shape index (κ3) is 5.96. The Hall–Kier alpha value is -2.24. The van der Waals surface area contributed by atoms with Gasteiger partial charge in [0.25, 0.3) is 5.91 Å². The second-order valence-corrected chi connectivity index (χ2v) is 6.08. The average molecular weight is 381 g/mol. The summed E-state index contributed by atoms with van der Waals surface area (Å²) in [6.45, 7) is 1.83. The highest BCUT2D eigenvalue weighted by molar-refractivity contribution is 6.42. The Kier molecular flexibility index (Phi) is 7.10. The Bertz CT molecular complexity index is 738. The molecule has 0 aliphatic rings. The van der Waals surface area contributed by atoms with Gasteiger partial charge in [0.2, 0.25) is 5.91 Å². The van der Waals surface area contributed by atoms with E-state index in [4.69, 9.17) is 27.9 Å². The molecule has 25 heavy (non-hydrogen) atoms. The number of carbonyl (C=O) groups excluding carboxylic acids is 2. The van der Waals surface area contributed by atoms with Crippen molar-refractivity contribution in [2.45, 2.75) is 19.6 Å². The summed E-state index contributed by atoms with van der Waals surface area (Å²) in [5.41, 5.74) is 0.981. The van der Waals surface area contributed by atoms with E-state index in [0.29, 0.717) is 17.3 Å². The van der Waals surface area contributed by atoms with E-state index in [0.717, 1.165) is 5.56 Å². The van der Waals surface area contributed by atoms with Crippen molar-refractivity contribution in [1.82, 2.24) is 10.6 Å². The minimum atomic E-state index is -0.821. The van der Waals surface area contributed by atoms with E-state index in [1.54, 1.807) is 25.1 Å². The van der Waals surface area contributed by atoms with Crippen molar-refractivity contribution in [2.75, 3.05) is 6.54 Å². The molecule has 5 nitrogen and oxygen atoms in total. The Labute approximate surface area is 156 Å². The molecule has 132 valence electrons. The molecule has 0 saturated carbocycles. The van der Waals surface area contributed by atoms with Gasteiger partial charge in [0.1, 0.15) is 10.8 Å². The molecule has 2 amide bonds. The minimum absolute atomic E-state index is 0.136. The van der Waals surface area contributed by atoms with Gasteiger partial charge in [-0.15, -0.1) is 0 Å². The van der Waals surface area contributed by atoms with Crippen LogP contribution in [-0.4, -0.2) is 24.5 Å². The number of benzene rings is 2. The summed E-state index contributed by atoms with van der Waals surface area (Å²) in [7, 11) is 0. The summed E-state index contributed by atoms with van der Waals surface area (Å²) >= 11 is 11.9. The van der Waals surface area contributed by atoms with Gasteiger partial charge in [-0.1, -0.05) is 59.6 Å². The van der Waals surface area contributed by atoms with Crippen molar-refractivity contribution in [3.8, 4) is 5.75 Å². The van der Waals surface area contributed by atoms with Crippen molar-refractivity contribution in [3.63, 3.8) is 0 Å². The van der Waals surface area contributed by atoms with Crippen molar-refractivity contribution in [2.24, 2.45) is 0 Å². The standard InChI is InChI=1S/C18H18Cl2N2O3/c1-12(25-15-9-5-8-14(19)17(15)20)18(24)22-11-16(23)21-10-13-6-3-2-4-7-13/h2-9,12H,10-11H2,1H3,(H,21,23)(H,22,24). The second-order valence-electron chi connectivity index (χ2n) is 5.29. The van der Waals surface area contributed by atoms with E-state index < -0.39 is 12.0 Å². The van der Waals surface area contributed by atoms with Gasteiger partial charge in [-0.05, 0) is 24.6 Å². The van der Waals surface area contributed by atoms with Crippen LogP contribution in [0.15, 0.2) is 48.5 Å². The predicted molar refractivity (Wildman–Crippen MR) is 97.9 cm³/mol. The average Bonchev–Trinajstić information content (AvgIpc) is 2.62. The third-order valence-electron chi connectivity index (χ3n) is 3.34. The van der Waals surface area contributed by atoms with E-state index in [-0.39, 0.29) is 17.5 Å². The fourth-order valence-corrected chi connectivity index (χ4v) is 2.33. The van der Waals surface area contributed by atoms with Crippen LogP contribution in [0.2, 0.25) is 10.0 Å². The van der Waals surface area contributed by atoms with Crippen LogP contribution >= 0.6 is 23.2 Å². The molecule has 0 aliphatic heterocycles. The van der Waals surface area contributed by atoms with Crippen LogP contribution in [0.3, 0.4) is 0 Å². The number of rotatable bonds is 7. The van der Waals surface area contributed by atoms with Crippen molar-refractivity contribution < 1.29 is 14.3 Å². The Morgan fingerprint density at radius 1 is 1.04 bits per heavy atom. The summed E-state index contributed by atoms with van der Waals surface area (Å²) in [5.74, 6) is -0.401. The number of carbonyl (C=O) groups is 2. The van der Waals surface area contributed by atoms with Gasteiger partial charge >= 0.3 is 0 Å². The first-order valence-electron chi connectivity index (χ1n) is 7.66. The number of amides is 2. The Balaban J connectivity index is 1.77. The SMILES string of the molecule is CC(Oc1cccc(Cl)c1Cl)C(=O)NCC(=O)NCc1ccccc1. The van der Waals surface area contributed by atoms with E-state index in [9.17, 15) is 9.59 Å². The molecule has 2 aromatic carbocycles. The highest BCUT2D eigenvalue weighted by atomic mass is 35.5. The summed E-state index contributed by atoms with van der Waals surface area (Å²) in [6, 6.07) is 14.4. The van der Waals surface area contributed by atoms with Gasteiger partial charge in [0, 0.05) is 6.54 Å². The Morgan fingerprint density at radius 2 is 1.76 bits per heavy atom. The molecule has 0 saturated heterocycles. The highest BCUT2D eigenvalue weighted by Crippen LogP contribution is 2.32. The van der Waals surface area contributed by atoms with Crippen LogP contribution in [0.5, 0.6) is 5.75 Å². The quantitative estimate of drug-likeness (QED) is 0.774. The lowest BCUT2D eigenvalue weighted by atomic mass is 10.2. The van der Waals surface area contributed by atoms with Gasteiger partial charge in [0.05, 0.1) is 11.6 Å². The molecular weight excluding hydrogens is 363 g/mol. The smallest absolute Gasteiger partial charge is 0.261 e. The molecule has 2 rings (SSSR count). The number of hydrogen-bond acceptors (Lipinski definition) is 3. The van der Waals surface area contributed by atoms with Crippen molar-refractivity contribution in [1.29, 1.82) is 0 Å². The van der Waals surface area contributed by atoms with Gasteiger partial charge < -0.3 is 15.4 Å². The molecule has 2 N–H and O–H groups in total. The highest BCUT2D eigenvalue weighted by Gasteiger charge is 2.17. The van der Waals surface area contributed by atoms with Gasteiger partial charge in [-0.3, -0.25) is 9.59 Å². The molecule has 0 radical (unpaired) electrons. The molecule has 2 aromatic rings. The second kappa shape index (κ2) is 9.30. The maximum atomic E-state index is 12.0. The molecular formula is C18H18Cl2N2O3. The Morgan fingerprint density at radius 3 is 2.48 bits per heavy atom. The largest absolute Gasteiger partial charge is 0.479 e. The van der Waals surface area contributed by atoms with Gasteiger partial charge in [0.15, 0.2) is 6.10 Å². The number of halogens is 2. The van der Waals surface area contributed by atoms with Crippen LogP contribution in [0.25, 0.3) is 0 Å². The summed E-state index contributed by atoms with van der Waals surface area (Å²) < 4.78 is 5.49. The van der Waals surface area contributed by atoms with E-state index in [1.165, 1.54) is 0 Å². The molecule has 0 spiro atoms. The lowest BCUT2D eigenvalue weighted by Gasteiger charge is -2.16. The van der Waals surface area contributed by atoms with Crippen molar-refractivity contribution >= 4 is 35.0 Å². The zero-order valence-electron chi connectivity index (χ0n) is 13.6. The molecule has 7 heteroatoms. The first-order valence-corrected chi connectivity index (χ1v) is 8.42. The summed E-state index contributed by atoms with van der Waals surface area (Å²) in [6.07, 6.45) is -0.821. The van der Waals surface area contributed by atoms with E-state index >= 15 is 0 Å². The molecule has 0 aromatic heterocycles. The monoisotopic (exact) mass is 380 g/mol. The number of nitrogens with one attached hydrogen (secondary N) is 2. The normalized spacial score (nSPS) is 11.5. The van der Waals surface area contributed by atoms with Crippen LogP contribution in [0, 0.1) is 0 Å². The van der Waals surface area contributed by atoms with Gasteiger partial charge in [-0.2, -0.15) is 0 Å². The summed E-state index contributed by atoms with van der Waals surface area (Å²) in [5, 5.41) is 5.83. The fourth-order valence-electron chi connectivity index (χ4n) is 1.99. The number of ether oxygens (including phenoxy) is 1. The first-order chi connectivity index (χ1) is 12.0. The summed E-state index contributed by atoms with van der Waals surface area (Å²) in [4.78, 5) is 23.8. The van der Waals surface area contributed by atoms with E-state index in [1.807, 2.05) is 30.3 Å². The number of hydrogen-bond donors (Lipinski definition) is 2. The zero-order valence-corrected chi connectivity index (χ0v) is 15.1. The molecule has 0 heterocycles. The molecule has 0 bridgehead atoms. The molecule has 1 unspecified atom stereocenters. The third-order valence-corrected chi connectivity index (χ3v) is 4.15. The van der Waals surface area contributed by atoms with Crippen LogP contribution in [0.4, 0.5) is 0 Å². The van der Waals surface area contributed by atoms with Crippen molar-refractivity contribution in [3.05, 3.63) is 64.1 Å². The van der Waals surface area contributed by atoms with Crippen LogP contribution in [-0.2, 0) is 16.1 Å². The minimum Gasteiger partial charge on any atom is -0.479 e. The topological polar surface area (TPSA) is 67.4 Å². The van der Waals surface area contributed by atoms with Crippen LogP contribution < -0.4 is 15.4 Å². The predicted octanol–water partition coefficient (Wildman–Crippen LogP) is 3.19.